The molecule has 2 aromatic rings. The van der Waals surface area contributed by atoms with E-state index in [1.165, 1.54) is 23.3 Å². The molecule has 21 heavy (non-hydrogen) atoms. The van der Waals surface area contributed by atoms with Crippen LogP contribution in [0.1, 0.15) is 42.6 Å². The van der Waals surface area contributed by atoms with Crippen LogP contribution in [0.25, 0.3) is 0 Å². The molecule has 1 N–H and O–H groups in total. The number of rotatable bonds is 4. The van der Waals surface area contributed by atoms with Gasteiger partial charge in [0, 0.05) is 17.1 Å². The third-order valence-corrected chi connectivity index (χ3v) is 4.28. The highest BCUT2D eigenvalue weighted by Crippen LogP contribution is 2.30. The highest BCUT2D eigenvalue weighted by molar-refractivity contribution is 6.35. The Hall–Kier alpha value is -1.09. The van der Waals surface area contributed by atoms with Gasteiger partial charge >= 0.3 is 0 Å². The van der Waals surface area contributed by atoms with Crippen molar-refractivity contribution in [3.63, 3.8) is 0 Å². The summed E-state index contributed by atoms with van der Waals surface area (Å²) in [7, 11) is 0. The van der Waals surface area contributed by atoms with E-state index in [2.05, 4.69) is 31.3 Å². The lowest BCUT2D eigenvalue weighted by Crippen LogP contribution is -2.23. The highest BCUT2D eigenvalue weighted by atomic mass is 35.5. The third-order valence-electron chi connectivity index (χ3n) is 3.66. The maximum atomic E-state index is 13.6. The average Bonchev–Trinajstić information content (AvgIpc) is 2.43. The summed E-state index contributed by atoms with van der Waals surface area (Å²) in [6.07, 6.45) is 0. The number of halogens is 3. The molecule has 0 heterocycles. The van der Waals surface area contributed by atoms with Crippen LogP contribution in [0.15, 0.2) is 36.4 Å². The fraction of sp³-hybridized carbons (Fsp3) is 0.294. The first-order valence-corrected chi connectivity index (χ1v) is 7.61. The second kappa shape index (κ2) is 6.78. The Kier molecular flexibility index (Phi) is 5.26. The molecule has 0 saturated carbocycles. The molecule has 0 aliphatic carbocycles. The second-order valence-corrected chi connectivity index (χ2v) is 6.07. The van der Waals surface area contributed by atoms with Gasteiger partial charge in [-0.3, -0.25) is 0 Å². The molecular formula is C17H18Cl2FN. The van der Waals surface area contributed by atoms with Gasteiger partial charge in [0.15, 0.2) is 0 Å². The number of benzene rings is 2. The molecule has 4 heteroatoms. The molecule has 0 saturated heterocycles. The predicted molar refractivity (Wildman–Crippen MR) is 87.6 cm³/mol. The monoisotopic (exact) mass is 325 g/mol. The molecule has 0 radical (unpaired) electrons. The maximum absolute atomic E-state index is 13.6. The van der Waals surface area contributed by atoms with Gasteiger partial charge in [0.2, 0.25) is 0 Å². The Morgan fingerprint density at radius 1 is 0.952 bits per heavy atom. The van der Waals surface area contributed by atoms with Crippen molar-refractivity contribution in [1.29, 1.82) is 0 Å². The van der Waals surface area contributed by atoms with E-state index in [9.17, 15) is 4.39 Å². The Balaban J connectivity index is 2.20. The standard InChI is InChI=1S/C17H18Cl2FN/c1-10-6-4-5-7-13(10)11(2)21-12(3)14-8-17(20)16(19)9-15(14)18/h4-9,11-12,21H,1-3H3/t11-,12?/m0/s1. The van der Waals surface area contributed by atoms with Gasteiger partial charge in [-0.25, -0.2) is 4.39 Å². The van der Waals surface area contributed by atoms with Gasteiger partial charge in [-0.1, -0.05) is 47.5 Å². The zero-order chi connectivity index (χ0) is 15.6. The van der Waals surface area contributed by atoms with Gasteiger partial charge < -0.3 is 5.32 Å². The van der Waals surface area contributed by atoms with Crippen LogP contribution in [0.3, 0.4) is 0 Å². The highest BCUT2D eigenvalue weighted by Gasteiger charge is 2.16. The summed E-state index contributed by atoms with van der Waals surface area (Å²) < 4.78 is 13.6. The minimum Gasteiger partial charge on any atom is -0.304 e. The third kappa shape index (κ3) is 3.76. The lowest BCUT2D eigenvalue weighted by Gasteiger charge is -2.23. The lowest BCUT2D eigenvalue weighted by atomic mass is 10.0. The van der Waals surface area contributed by atoms with Crippen molar-refractivity contribution < 1.29 is 4.39 Å². The van der Waals surface area contributed by atoms with Crippen LogP contribution in [0.4, 0.5) is 4.39 Å². The predicted octanol–water partition coefficient (Wildman–Crippen LogP) is 5.85. The van der Waals surface area contributed by atoms with E-state index < -0.39 is 5.82 Å². The Bertz CT molecular complexity index is 643. The van der Waals surface area contributed by atoms with Crippen LogP contribution in [0.5, 0.6) is 0 Å². The zero-order valence-corrected chi connectivity index (χ0v) is 13.8. The first-order valence-electron chi connectivity index (χ1n) is 6.86. The minimum atomic E-state index is -0.451. The van der Waals surface area contributed by atoms with E-state index in [4.69, 9.17) is 23.2 Å². The molecule has 0 bridgehead atoms. The smallest absolute Gasteiger partial charge is 0.142 e. The van der Waals surface area contributed by atoms with Crippen LogP contribution < -0.4 is 5.32 Å². The van der Waals surface area contributed by atoms with E-state index in [1.54, 1.807) is 0 Å². The maximum Gasteiger partial charge on any atom is 0.142 e. The number of aryl methyl sites for hydroxylation is 1. The molecule has 112 valence electrons. The number of hydrogen-bond acceptors (Lipinski definition) is 1. The van der Waals surface area contributed by atoms with Crippen molar-refractivity contribution in [3.05, 3.63) is 69.0 Å². The molecule has 0 fully saturated rings. The van der Waals surface area contributed by atoms with Crippen molar-refractivity contribution in [1.82, 2.24) is 5.32 Å². The van der Waals surface area contributed by atoms with E-state index >= 15 is 0 Å². The molecule has 0 aromatic heterocycles. The normalized spacial score (nSPS) is 14.0. The molecule has 2 rings (SSSR count). The largest absolute Gasteiger partial charge is 0.304 e. The van der Waals surface area contributed by atoms with Gasteiger partial charge in [-0.15, -0.1) is 0 Å². The molecule has 0 amide bonds. The summed E-state index contributed by atoms with van der Waals surface area (Å²) in [6, 6.07) is 11.1. The topological polar surface area (TPSA) is 12.0 Å². The number of hydrogen-bond donors (Lipinski definition) is 1. The average molecular weight is 326 g/mol. The van der Waals surface area contributed by atoms with E-state index in [-0.39, 0.29) is 17.1 Å². The Labute approximate surface area is 135 Å². The van der Waals surface area contributed by atoms with E-state index in [0.29, 0.717) is 10.6 Å². The van der Waals surface area contributed by atoms with Gasteiger partial charge in [0.1, 0.15) is 5.82 Å². The molecular weight excluding hydrogens is 308 g/mol. The van der Waals surface area contributed by atoms with Gasteiger partial charge in [-0.2, -0.15) is 0 Å². The van der Waals surface area contributed by atoms with Crippen molar-refractivity contribution in [2.45, 2.75) is 32.9 Å². The quantitative estimate of drug-likeness (QED) is 0.695. The fourth-order valence-corrected chi connectivity index (χ4v) is 3.04. The van der Waals surface area contributed by atoms with Crippen LogP contribution in [0, 0.1) is 12.7 Å². The molecule has 1 nitrogen and oxygen atoms in total. The van der Waals surface area contributed by atoms with Crippen molar-refractivity contribution in [2.75, 3.05) is 0 Å². The van der Waals surface area contributed by atoms with Crippen LogP contribution >= 0.6 is 23.2 Å². The lowest BCUT2D eigenvalue weighted by molar-refractivity contribution is 0.490. The van der Waals surface area contributed by atoms with Gasteiger partial charge in [-0.05, 0) is 49.6 Å². The number of nitrogens with one attached hydrogen (secondary N) is 1. The summed E-state index contributed by atoms with van der Waals surface area (Å²) >= 11 is 11.9. The minimum absolute atomic E-state index is 0.0444. The Morgan fingerprint density at radius 2 is 1.57 bits per heavy atom. The van der Waals surface area contributed by atoms with Crippen molar-refractivity contribution in [3.8, 4) is 0 Å². The first-order chi connectivity index (χ1) is 9.90. The van der Waals surface area contributed by atoms with Gasteiger partial charge in [0.25, 0.3) is 0 Å². The van der Waals surface area contributed by atoms with E-state index in [1.807, 2.05) is 19.1 Å². The molecule has 0 aliphatic rings. The Morgan fingerprint density at radius 3 is 2.24 bits per heavy atom. The summed E-state index contributed by atoms with van der Waals surface area (Å²) in [5, 5.41) is 3.96. The first kappa shape index (κ1) is 16.3. The molecule has 2 aromatic carbocycles. The summed E-state index contributed by atoms with van der Waals surface area (Å²) in [4.78, 5) is 0. The van der Waals surface area contributed by atoms with Gasteiger partial charge in [0.05, 0.1) is 5.02 Å². The van der Waals surface area contributed by atoms with Crippen molar-refractivity contribution in [2.24, 2.45) is 0 Å². The van der Waals surface area contributed by atoms with E-state index in [0.717, 1.165) is 0 Å². The van der Waals surface area contributed by atoms with Crippen LogP contribution in [0.2, 0.25) is 10.0 Å². The SMILES string of the molecule is Cc1ccccc1[C@H](C)NC(C)c1cc(F)c(Cl)cc1Cl. The van der Waals surface area contributed by atoms with Crippen molar-refractivity contribution >= 4 is 23.2 Å². The summed E-state index contributed by atoms with van der Waals surface area (Å²) in [5.41, 5.74) is 3.15. The summed E-state index contributed by atoms with van der Waals surface area (Å²) in [6.45, 7) is 6.12. The fourth-order valence-electron chi connectivity index (χ4n) is 2.50. The van der Waals surface area contributed by atoms with Crippen LogP contribution in [-0.4, -0.2) is 0 Å². The summed E-state index contributed by atoms with van der Waals surface area (Å²) in [5.74, 6) is -0.451. The molecule has 2 atom stereocenters. The van der Waals surface area contributed by atoms with Crippen LogP contribution in [-0.2, 0) is 0 Å². The second-order valence-electron chi connectivity index (χ2n) is 5.25. The molecule has 1 unspecified atom stereocenters. The molecule has 0 spiro atoms. The molecule has 0 aliphatic heterocycles. The zero-order valence-electron chi connectivity index (χ0n) is 12.3.